The van der Waals surface area contributed by atoms with Gasteiger partial charge in [0.25, 0.3) is 5.91 Å². The van der Waals surface area contributed by atoms with E-state index in [4.69, 9.17) is 17.3 Å². The van der Waals surface area contributed by atoms with Gasteiger partial charge in [0, 0.05) is 22.7 Å². The molecule has 1 fully saturated rings. The minimum Gasteiger partial charge on any atom is -0.348 e. The molecule has 0 spiro atoms. The SMILES string of the molecule is Cc1ccc(Cl)cc1C(=O)NC1CCCCC1N. The van der Waals surface area contributed by atoms with Crippen molar-refractivity contribution in [3.05, 3.63) is 34.3 Å². The van der Waals surface area contributed by atoms with Gasteiger partial charge in [-0.1, -0.05) is 30.5 Å². The lowest BCUT2D eigenvalue weighted by Gasteiger charge is -2.29. The molecule has 1 aliphatic rings. The van der Waals surface area contributed by atoms with Gasteiger partial charge >= 0.3 is 0 Å². The molecule has 0 bridgehead atoms. The molecule has 2 unspecified atom stereocenters. The zero-order chi connectivity index (χ0) is 13.1. The first-order chi connectivity index (χ1) is 8.58. The lowest BCUT2D eigenvalue weighted by molar-refractivity contribution is 0.0920. The zero-order valence-corrected chi connectivity index (χ0v) is 11.3. The second-order valence-electron chi connectivity index (χ2n) is 4.99. The van der Waals surface area contributed by atoms with Crippen LogP contribution in [0.1, 0.15) is 41.6 Å². The molecule has 0 heterocycles. The molecule has 0 radical (unpaired) electrons. The second-order valence-corrected chi connectivity index (χ2v) is 5.42. The van der Waals surface area contributed by atoms with Gasteiger partial charge in [-0.05, 0) is 37.5 Å². The van der Waals surface area contributed by atoms with Gasteiger partial charge in [-0.2, -0.15) is 0 Å². The van der Waals surface area contributed by atoms with Gasteiger partial charge in [0.05, 0.1) is 0 Å². The fourth-order valence-electron chi connectivity index (χ4n) is 2.42. The molecular formula is C14H19ClN2O. The topological polar surface area (TPSA) is 55.1 Å². The summed E-state index contributed by atoms with van der Waals surface area (Å²) >= 11 is 5.93. The summed E-state index contributed by atoms with van der Waals surface area (Å²) in [6, 6.07) is 5.52. The molecule has 0 aliphatic heterocycles. The van der Waals surface area contributed by atoms with E-state index in [9.17, 15) is 4.79 Å². The number of hydrogen-bond donors (Lipinski definition) is 2. The molecule has 1 amide bonds. The molecule has 3 N–H and O–H groups in total. The van der Waals surface area contributed by atoms with Crippen LogP contribution in [0, 0.1) is 6.92 Å². The number of benzene rings is 1. The summed E-state index contributed by atoms with van der Waals surface area (Å²) in [6.07, 6.45) is 4.24. The standard InChI is InChI=1S/C14H19ClN2O/c1-9-6-7-10(15)8-11(9)14(18)17-13-5-3-2-4-12(13)16/h6-8,12-13H,2-5,16H2,1H3,(H,17,18). The van der Waals surface area contributed by atoms with Crippen molar-refractivity contribution in [2.24, 2.45) is 5.73 Å². The maximum Gasteiger partial charge on any atom is 0.251 e. The third-order valence-corrected chi connectivity index (χ3v) is 3.82. The fraction of sp³-hybridized carbons (Fsp3) is 0.500. The number of aryl methyl sites for hydroxylation is 1. The Hall–Kier alpha value is -1.06. The van der Waals surface area contributed by atoms with Gasteiger partial charge in [0.1, 0.15) is 0 Å². The predicted molar refractivity (Wildman–Crippen MR) is 73.9 cm³/mol. The Kier molecular flexibility index (Phi) is 4.25. The Labute approximate surface area is 113 Å². The fourth-order valence-corrected chi connectivity index (χ4v) is 2.60. The van der Waals surface area contributed by atoms with Gasteiger partial charge in [-0.15, -0.1) is 0 Å². The van der Waals surface area contributed by atoms with Crippen molar-refractivity contribution < 1.29 is 4.79 Å². The van der Waals surface area contributed by atoms with Gasteiger partial charge in [-0.25, -0.2) is 0 Å². The molecule has 1 aromatic carbocycles. The summed E-state index contributed by atoms with van der Waals surface area (Å²) < 4.78 is 0. The van der Waals surface area contributed by atoms with Crippen LogP contribution < -0.4 is 11.1 Å². The Morgan fingerprint density at radius 3 is 2.83 bits per heavy atom. The molecule has 1 aromatic rings. The van der Waals surface area contributed by atoms with E-state index < -0.39 is 0 Å². The van der Waals surface area contributed by atoms with Crippen LogP contribution in [-0.4, -0.2) is 18.0 Å². The average molecular weight is 267 g/mol. The first kappa shape index (κ1) is 13.4. The summed E-state index contributed by atoms with van der Waals surface area (Å²) in [5.74, 6) is -0.0719. The van der Waals surface area contributed by atoms with Crippen molar-refractivity contribution in [3.63, 3.8) is 0 Å². The highest BCUT2D eigenvalue weighted by molar-refractivity contribution is 6.31. The van der Waals surface area contributed by atoms with Gasteiger partial charge in [0.15, 0.2) is 0 Å². The van der Waals surface area contributed by atoms with E-state index >= 15 is 0 Å². The number of rotatable bonds is 2. The van der Waals surface area contributed by atoms with Crippen LogP contribution in [0.25, 0.3) is 0 Å². The molecule has 98 valence electrons. The lowest BCUT2D eigenvalue weighted by atomic mass is 9.90. The van der Waals surface area contributed by atoms with Gasteiger partial charge < -0.3 is 11.1 Å². The van der Waals surface area contributed by atoms with Gasteiger partial charge in [0.2, 0.25) is 0 Å². The first-order valence-corrected chi connectivity index (χ1v) is 6.78. The highest BCUT2D eigenvalue weighted by atomic mass is 35.5. The monoisotopic (exact) mass is 266 g/mol. The van der Waals surface area contributed by atoms with Crippen molar-refractivity contribution in [2.75, 3.05) is 0 Å². The highest BCUT2D eigenvalue weighted by Gasteiger charge is 2.24. The predicted octanol–water partition coefficient (Wildman–Crippen LogP) is 2.65. The average Bonchev–Trinajstić information content (AvgIpc) is 2.35. The smallest absolute Gasteiger partial charge is 0.251 e. The van der Waals surface area contributed by atoms with E-state index in [1.165, 1.54) is 0 Å². The Morgan fingerprint density at radius 2 is 2.11 bits per heavy atom. The molecule has 2 atom stereocenters. The Balaban J connectivity index is 2.09. The summed E-state index contributed by atoms with van der Waals surface area (Å²) in [4.78, 5) is 12.2. The van der Waals surface area contributed by atoms with Crippen molar-refractivity contribution in [1.29, 1.82) is 0 Å². The van der Waals surface area contributed by atoms with E-state index in [0.717, 1.165) is 31.2 Å². The van der Waals surface area contributed by atoms with E-state index in [1.54, 1.807) is 12.1 Å². The molecule has 1 aliphatic carbocycles. The second kappa shape index (κ2) is 5.72. The molecule has 0 saturated heterocycles. The van der Waals surface area contributed by atoms with Crippen LogP contribution in [0.4, 0.5) is 0 Å². The van der Waals surface area contributed by atoms with Crippen LogP contribution in [0.2, 0.25) is 5.02 Å². The number of carbonyl (C=O) groups is 1. The Morgan fingerprint density at radius 1 is 1.39 bits per heavy atom. The Bertz CT molecular complexity index is 447. The maximum absolute atomic E-state index is 12.2. The molecule has 4 heteroatoms. The molecule has 3 nitrogen and oxygen atoms in total. The molecule has 18 heavy (non-hydrogen) atoms. The molecule has 0 aromatic heterocycles. The van der Waals surface area contributed by atoms with Crippen molar-refractivity contribution in [2.45, 2.75) is 44.7 Å². The normalized spacial score (nSPS) is 23.7. The lowest BCUT2D eigenvalue weighted by Crippen LogP contribution is -2.49. The molecule has 2 rings (SSSR count). The largest absolute Gasteiger partial charge is 0.348 e. The van der Waals surface area contributed by atoms with Crippen molar-refractivity contribution in [1.82, 2.24) is 5.32 Å². The van der Waals surface area contributed by atoms with Crippen LogP contribution in [-0.2, 0) is 0 Å². The van der Waals surface area contributed by atoms with Crippen LogP contribution in [0.3, 0.4) is 0 Å². The number of nitrogens with two attached hydrogens (primary N) is 1. The molecular weight excluding hydrogens is 248 g/mol. The van der Waals surface area contributed by atoms with Crippen LogP contribution >= 0.6 is 11.6 Å². The number of nitrogens with one attached hydrogen (secondary N) is 1. The third kappa shape index (κ3) is 3.03. The van der Waals surface area contributed by atoms with Gasteiger partial charge in [-0.3, -0.25) is 4.79 Å². The van der Waals surface area contributed by atoms with E-state index in [0.29, 0.717) is 10.6 Å². The first-order valence-electron chi connectivity index (χ1n) is 6.40. The number of amides is 1. The van der Waals surface area contributed by atoms with Crippen molar-refractivity contribution in [3.8, 4) is 0 Å². The quantitative estimate of drug-likeness (QED) is 0.865. The minimum absolute atomic E-state index is 0.0715. The zero-order valence-electron chi connectivity index (χ0n) is 10.6. The molecule has 1 saturated carbocycles. The highest BCUT2D eigenvalue weighted by Crippen LogP contribution is 2.19. The van der Waals surface area contributed by atoms with Crippen LogP contribution in [0.15, 0.2) is 18.2 Å². The maximum atomic E-state index is 12.2. The van der Waals surface area contributed by atoms with Crippen LogP contribution in [0.5, 0.6) is 0 Å². The number of hydrogen-bond acceptors (Lipinski definition) is 2. The van der Waals surface area contributed by atoms with E-state index in [2.05, 4.69) is 5.32 Å². The van der Waals surface area contributed by atoms with Crippen molar-refractivity contribution >= 4 is 17.5 Å². The number of halogens is 1. The summed E-state index contributed by atoms with van der Waals surface area (Å²) in [6.45, 7) is 1.91. The minimum atomic E-state index is -0.0719. The summed E-state index contributed by atoms with van der Waals surface area (Å²) in [7, 11) is 0. The third-order valence-electron chi connectivity index (χ3n) is 3.58. The summed E-state index contributed by atoms with van der Waals surface area (Å²) in [5.41, 5.74) is 7.60. The van der Waals surface area contributed by atoms with E-state index in [1.807, 2.05) is 13.0 Å². The van der Waals surface area contributed by atoms with E-state index in [-0.39, 0.29) is 18.0 Å². The number of carbonyl (C=O) groups excluding carboxylic acids is 1. The summed E-state index contributed by atoms with van der Waals surface area (Å²) in [5, 5.41) is 3.61.